The normalized spacial score (nSPS) is 14.3. The summed E-state index contributed by atoms with van der Waals surface area (Å²) in [6.45, 7) is 2.28. The van der Waals surface area contributed by atoms with Crippen LogP contribution in [0.3, 0.4) is 0 Å². The molecule has 9 heteroatoms. The van der Waals surface area contributed by atoms with E-state index in [9.17, 15) is 13.2 Å². The molecule has 0 aliphatic heterocycles. The average molecular weight is 399 g/mol. The molecule has 2 N–H and O–H groups in total. The smallest absolute Gasteiger partial charge is 0.276 e. The van der Waals surface area contributed by atoms with Crippen molar-refractivity contribution in [3.8, 4) is 5.82 Å². The number of hydrogen-bond acceptors (Lipinski definition) is 5. The number of nitrogens with zero attached hydrogens (tertiary/aromatic N) is 3. The summed E-state index contributed by atoms with van der Waals surface area (Å²) >= 11 is 0. The highest BCUT2D eigenvalue weighted by atomic mass is 32.2. The second kappa shape index (κ2) is 7.33. The van der Waals surface area contributed by atoms with Gasteiger partial charge in [-0.15, -0.1) is 0 Å². The van der Waals surface area contributed by atoms with E-state index in [1.54, 1.807) is 12.4 Å². The Labute approximate surface area is 162 Å². The van der Waals surface area contributed by atoms with Gasteiger partial charge in [0.25, 0.3) is 5.56 Å². The monoisotopic (exact) mass is 399 g/mol. The number of nitrogens with one attached hydrogen (secondary N) is 2. The Morgan fingerprint density at radius 2 is 2.07 bits per heavy atom. The molecule has 1 fully saturated rings. The number of hydrogen-bond donors (Lipinski definition) is 2. The largest absolute Gasteiger partial charge is 0.294 e. The Hall–Kier alpha value is -2.78. The molecule has 0 radical (unpaired) electrons. The molecule has 8 nitrogen and oxygen atoms in total. The lowest BCUT2D eigenvalue weighted by atomic mass is 10.1. The van der Waals surface area contributed by atoms with Crippen LogP contribution in [-0.2, 0) is 16.4 Å². The zero-order valence-corrected chi connectivity index (χ0v) is 16.2. The summed E-state index contributed by atoms with van der Waals surface area (Å²) in [6.07, 6.45) is 7.27. The second-order valence-electron chi connectivity index (χ2n) is 7.04. The molecule has 0 amide bonds. The maximum atomic E-state index is 12.8. The standard InChI is InChI=1S/C19H21N5O3S/c1-13-17(9-15-3-2-8-20-10-15)19(25)24(23-13)18-7-6-16(12-21-18)28(26,27)22-11-14-4-5-14/h2-3,6-8,10,12,14,22-23H,4-5,9,11H2,1H3. The van der Waals surface area contributed by atoms with Crippen LogP contribution in [0, 0.1) is 12.8 Å². The Morgan fingerprint density at radius 1 is 1.25 bits per heavy atom. The van der Waals surface area contributed by atoms with Crippen LogP contribution >= 0.6 is 0 Å². The molecule has 1 saturated carbocycles. The van der Waals surface area contributed by atoms with E-state index in [2.05, 4.69) is 19.8 Å². The third-order valence-electron chi connectivity index (χ3n) is 4.82. The van der Waals surface area contributed by atoms with Crippen LogP contribution in [0.15, 0.2) is 52.5 Å². The predicted molar refractivity (Wildman–Crippen MR) is 104 cm³/mol. The molecule has 0 saturated heterocycles. The van der Waals surface area contributed by atoms with Crippen molar-refractivity contribution in [1.29, 1.82) is 0 Å². The van der Waals surface area contributed by atoms with E-state index in [0.717, 1.165) is 24.1 Å². The van der Waals surface area contributed by atoms with Crippen molar-refractivity contribution in [2.24, 2.45) is 5.92 Å². The molecule has 0 spiro atoms. The van der Waals surface area contributed by atoms with E-state index in [-0.39, 0.29) is 10.5 Å². The van der Waals surface area contributed by atoms with Gasteiger partial charge in [-0.1, -0.05) is 6.07 Å². The number of rotatable bonds is 7. The molecule has 0 bridgehead atoms. The van der Waals surface area contributed by atoms with Crippen LogP contribution in [0.2, 0.25) is 0 Å². The average Bonchev–Trinajstić information content (AvgIpc) is 3.49. The molecule has 1 aliphatic carbocycles. The number of pyridine rings is 2. The molecule has 1 aliphatic rings. The predicted octanol–water partition coefficient (Wildman–Crippen LogP) is 1.54. The van der Waals surface area contributed by atoms with Gasteiger partial charge in [-0.05, 0) is 49.4 Å². The summed E-state index contributed by atoms with van der Waals surface area (Å²) < 4.78 is 28.5. The zero-order valence-electron chi connectivity index (χ0n) is 15.4. The van der Waals surface area contributed by atoms with E-state index in [0.29, 0.717) is 30.3 Å². The highest BCUT2D eigenvalue weighted by Crippen LogP contribution is 2.28. The topological polar surface area (TPSA) is 110 Å². The molecule has 146 valence electrons. The summed E-state index contributed by atoms with van der Waals surface area (Å²) in [7, 11) is -3.59. The minimum absolute atomic E-state index is 0.0869. The van der Waals surface area contributed by atoms with Crippen molar-refractivity contribution in [2.45, 2.75) is 31.1 Å². The number of aryl methyl sites for hydroxylation is 1. The van der Waals surface area contributed by atoms with Gasteiger partial charge in [-0.25, -0.2) is 22.8 Å². The lowest BCUT2D eigenvalue weighted by Gasteiger charge is -2.06. The molecule has 28 heavy (non-hydrogen) atoms. The van der Waals surface area contributed by atoms with Crippen LogP contribution in [0.25, 0.3) is 5.82 Å². The fourth-order valence-electron chi connectivity index (χ4n) is 2.95. The van der Waals surface area contributed by atoms with E-state index < -0.39 is 10.0 Å². The van der Waals surface area contributed by atoms with Crippen molar-refractivity contribution in [1.82, 2.24) is 24.5 Å². The Morgan fingerprint density at radius 3 is 2.71 bits per heavy atom. The number of aromatic amines is 1. The van der Waals surface area contributed by atoms with Crippen molar-refractivity contribution >= 4 is 10.0 Å². The molecule has 0 unspecified atom stereocenters. The SMILES string of the molecule is Cc1[nH]n(-c2ccc(S(=O)(=O)NCC3CC3)cn2)c(=O)c1Cc1cccnc1. The molecule has 3 aromatic rings. The van der Waals surface area contributed by atoms with Gasteiger partial charge in [0.15, 0.2) is 5.82 Å². The Kier molecular flexibility index (Phi) is 4.86. The minimum Gasteiger partial charge on any atom is -0.294 e. The lowest BCUT2D eigenvalue weighted by Crippen LogP contribution is -2.26. The molecule has 4 rings (SSSR count). The quantitative estimate of drug-likeness (QED) is 0.626. The number of H-pyrrole nitrogens is 1. The van der Waals surface area contributed by atoms with Crippen molar-refractivity contribution in [3.63, 3.8) is 0 Å². The molecular formula is C19H21N5O3S. The summed E-state index contributed by atoms with van der Waals surface area (Å²) in [5.74, 6) is 0.785. The highest BCUT2D eigenvalue weighted by molar-refractivity contribution is 7.89. The lowest BCUT2D eigenvalue weighted by molar-refractivity contribution is 0.577. The Balaban J connectivity index is 1.57. The van der Waals surface area contributed by atoms with Gasteiger partial charge in [-0.3, -0.25) is 14.9 Å². The van der Waals surface area contributed by atoms with Crippen LogP contribution in [0.4, 0.5) is 0 Å². The maximum absolute atomic E-state index is 12.8. The first-order valence-electron chi connectivity index (χ1n) is 9.09. The van der Waals surface area contributed by atoms with E-state index in [1.807, 2.05) is 19.1 Å². The molecule has 0 atom stereocenters. The van der Waals surface area contributed by atoms with Gasteiger partial charge in [0.1, 0.15) is 4.90 Å². The van der Waals surface area contributed by atoms with Crippen molar-refractivity contribution < 1.29 is 8.42 Å². The van der Waals surface area contributed by atoms with E-state index >= 15 is 0 Å². The molecule has 3 heterocycles. The first kappa shape index (κ1) is 18.6. The van der Waals surface area contributed by atoms with Crippen LogP contribution in [0.1, 0.15) is 29.7 Å². The first-order valence-corrected chi connectivity index (χ1v) is 10.6. The summed E-state index contributed by atoms with van der Waals surface area (Å²) in [6, 6.07) is 6.72. The summed E-state index contributed by atoms with van der Waals surface area (Å²) in [4.78, 5) is 21.1. The third kappa shape index (κ3) is 3.90. The van der Waals surface area contributed by atoms with Gasteiger partial charge >= 0.3 is 0 Å². The summed E-state index contributed by atoms with van der Waals surface area (Å²) in [5, 5.41) is 3.01. The fourth-order valence-corrected chi connectivity index (χ4v) is 4.01. The van der Waals surface area contributed by atoms with Gasteiger partial charge in [0.05, 0.1) is 0 Å². The fraction of sp³-hybridized carbons (Fsp3) is 0.316. The molecule has 3 aromatic heterocycles. The van der Waals surface area contributed by atoms with Gasteiger partial charge in [0.2, 0.25) is 10.0 Å². The first-order chi connectivity index (χ1) is 13.4. The maximum Gasteiger partial charge on any atom is 0.276 e. The van der Waals surface area contributed by atoms with Crippen LogP contribution in [-0.4, -0.2) is 34.7 Å². The van der Waals surface area contributed by atoms with Crippen LogP contribution in [0.5, 0.6) is 0 Å². The third-order valence-corrected chi connectivity index (χ3v) is 6.23. The van der Waals surface area contributed by atoms with Crippen LogP contribution < -0.4 is 10.3 Å². The molecular weight excluding hydrogens is 378 g/mol. The second-order valence-corrected chi connectivity index (χ2v) is 8.81. The van der Waals surface area contributed by atoms with Gasteiger partial charge in [-0.2, -0.15) is 0 Å². The van der Waals surface area contributed by atoms with Crippen molar-refractivity contribution in [3.05, 3.63) is 70.0 Å². The van der Waals surface area contributed by atoms with Gasteiger partial charge in [0, 0.05) is 42.8 Å². The minimum atomic E-state index is -3.59. The summed E-state index contributed by atoms with van der Waals surface area (Å²) in [5.41, 5.74) is 2.08. The van der Waals surface area contributed by atoms with Gasteiger partial charge < -0.3 is 0 Å². The Bertz CT molecular complexity index is 1130. The number of aromatic nitrogens is 4. The van der Waals surface area contributed by atoms with E-state index in [1.165, 1.54) is 23.0 Å². The molecule has 0 aromatic carbocycles. The zero-order chi connectivity index (χ0) is 19.7. The van der Waals surface area contributed by atoms with Crippen molar-refractivity contribution in [2.75, 3.05) is 6.54 Å². The van der Waals surface area contributed by atoms with E-state index in [4.69, 9.17) is 0 Å². The highest BCUT2D eigenvalue weighted by Gasteiger charge is 2.24. The number of sulfonamides is 1.